The predicted molar refractivity (Wildman–Crippen MR) is 106 cm³/mol. The van der Waals surface area contributed by atoms with Crippen LogP contribution in [0.25, 0.3) is 6.08 Å². The number of amides is 2. The molecule has 3 N–H and O–H groups in total. The smallest absolute Gasteiger partial charge is 0.330 e. The number of hydrogen-bond acceptors (Lipinski definition) is 5. The third-order valence-electron chi connectivity index (χ3n) is 3.56. The Balaban J connectivity index is 1.81. The number of anilines is 1. The van der Waals surface area contributed by atoms with Gasteiger partial charge in [0.2, 0.25) is 5.91 Å². The minimum Gasteiger partial charge on any atom is -0.484 e. The molecule has 0 bridgehead atoms. The second kappa shape index (κ2) is 10.5. The van der Waals surface area contributed by atoms with E-state index in [0.29, 0.717) is 18.0 Å². The van der Waals surface area contributed by atoms with E-state index in [-0.39, 0.29) is 18.9 Å². The first-order chi connectivity index (χ1) is 13.5. The van der Waals surface area contributed by atoms with Crippen molar-refractivity contribution in [2.45, 2.75) is 13.3 Å². The first-order valence-corrected chi connectivity index (χ1v) is 8.71. The Morgan fingerprint density at radius 1 is 1.04 bits per heavy atom. The molecule has 2 aromatic rings. The van der Waals surface area contributed by atoms with Gasteiger partial charge in [-0.25, -0.2) is 4.79 Å². The Labute approximate surface area is 163 Å². The number of rotatable bonds is 9. The largest absolute Gasteiger partial charge is 0.484 e. The number of primary amides is 1. The average molecular weight is 382 g/mol. The number of hydrogen-bond donors (Lipinski definition) is 2. The van der Waals surface area contributed by atoms with Crippen molar-refractivity contribution in [3.63, 3.8) is 0 Å². The molecule has 2 amide bonds. The molecular formula is C21H22N2O5. The van der Waals surface area contributed by atoms with E-state index in [1.807, 2.05) is 0 Å². The summed E-state index contributed by atoms with van der Waals surface area (Å²) in [5.41, 5.74) is 7.33. The molecular weight excluding hydrogens is 360 g/mol. The number of carbonyl (C=O) groups is 3. The lowest BCUT2D eigenvalue weighted by Gasteiger charge is -2.08. The van der Waals surface area contributed by atoms with Crippen LogP contribution in [0.1, 0.15) is 18.1 Å². The van der Waals surface area contributed by atoms with Crippen LogP contribution < -0.4 is 15.8 Å². The molecule has 0 unspecified atom stereocenters. The van der Waals surface area contributed by atoms with Crippen LogP contribution in [0.15, 0.2) is 54.6 Å². The zero-order valence-electron chi connectivity index (χ0n) is 15.5. The number of esters is 1. The minimum absolute atomic E-state index is 0.153. The molecule has 0 aromatic heterocycles. The number of nitrogens with one attached hydrogen (secondary N) is 1. The highest BCUT2D eigenvalue weighted by molar-refractivity contribution is 5.92. The van der Waals surface area contributed by atoms with Gasteiger partial charge in [-0.2, -0.15) is 0 Å². The molecule has 0 atom stereocenters. The molecule has 0 spiro atoms. The molecule has 2 aromatic carbocycles. The van der Waals surface area contributed by atoms with E-state index in [0.717, 1.165) is 11.1 Å². The van der Waals surface area contributed by atoms with E-state index < -0.39 is 11.9 Å². The first-order valence-electron chi connectivity index (χ1n) is 8.71. The summed E-state index contributed by atoms with van der Waals surface area (Å²) in [7, 11) is 0. The zero-order chi connectivity index (χ0) is 20.4. The molecule has 0 aliphatic heterocycles. The molecule has 0 aliphatic carbocycles. The Kier molecular flexibility index (Phi) is 7.77. The molecule has 0 heterocycles. The maximum atomic E-state index is 12.0. The maximum absolute atomic E-state index is 12.0. The minimum atomic E-state index is -0.407. The lowest BCUT2D eigenvalue weighted by molar-refractivity contribution is -0.137. The Morgan fingerprint density at radius 3 is 2.32 bits per heavy atom. The second-order valence-corrected chi connectivity index (χ2v) is 5.83. The fourth-order valence-corrected chi connectivity index (χ4v) is 2.28. The first kappa shape index (κ1) is 20.7. The van der Waals surface area contributed by atoms with Crippen LogP contribution >= 0.6 is 0 Å². The van der Waals surface area contributed by atoms with Crippen molar-refractivity contribution in [2.75, 3.05) is 18.5 Å². The van der Waals surface area contributed by atoms with Gasteiger partial charge in [0.25, 0.3) is 5.91 Å². The maximum Gasteiger partial charge on any atom is 0.330 e. The molecule has 0 radical (unpaired) electrons. The average Bonchev–Trinajstić information content (AvgIpc) is 2.67. The summed E-state index contributed by atoms with van der Waals surface area (Å²) >= 11 is 0. The van der Waals surface area contributed by atoms with Gasteiger partial charge in [0.05, 0.1) is 13.0 Å². The number of benzene rings is 2. The highest BCUT2D eigenvalue weighted by Crippen LogP contribution is 2.14. The number of ether oxygens (including phenoxy) is 2. The van der Waals surface area contributed by atoms with Gasteiger partial charge in [-0.15, -0.1) is 0 Å². The molecule has 0 fully saturated rings. The summed E-state index contributed by atoms with van der Waals surface area (Å²) in [4.78, 5) is 34.2. The fraction of sp³-hybridized carbons (Fsp3) is 0.190. The fourth-order valence-electron chi connectivity index (χ4n) is 2.28. The van der Waals surface area contributed by atoms with Crippen LogP contribution in [0.5, 0.6) is 5.75 Å². The molecule has 7 heteroatoms. The zero-order valence-corrected chi connectivity index (χ0v) is 15.5. The van der Waals surface area contributed by atoms with E-state index >= 15 is 0 Å². The van der Waals surface area contributed by atoms with Crippen molar-refractivity contribution in [3.05, 3.63) is 65.7 Å². The van der Waals surface area contributed by atoms with E-state index in [1.54, 1.807) is 61.5 Å². The molecule has 146 valence electrons. The van der Waals surface area contributed by atoms with Gasteiger partial charge < -0.3 is 20.5 Å². The van der Waals surface area contributed by atoms with Crippen LogP contribution in [0.3, 0.4) is 0 Å². The summed E-state index contributed by atoms with van der Waals surface area (Å²) in [6, 6.07) is 13.8. The van der Waals surface area contributed by atoms with Crippen molar-refractivity contribution >= 4 is 29.5 Å². The van der Waals surface area contributed by atoms with Crippen molar-refractivity contribution in [1.29, 1.82) is 0 Å². The van der Waals surface area contributed by atoms with E-state index in [9.17, 15) is 14.4 Å². The SMILES string of the molecule is CCOC(=O)/C=C/c1ccc(NC(=O)COc2ccc(CC(N)=O)cc2)cc1. The second-order valence-electron chi connectivity index (χ2n) is 5.83. The normalized spacial score (nSPS) is 10.5. The standard InChI is InChI=1S/C21H22N2O5/c1-2-27-21(26)12-7-15-3-8-17(9-4-15)23-20(25)14-28-18-10-5-16(6-11-18)13-19(22)24/h3-12H,2,13-14H2,1H3,(H2,22,24)(H,23,25)/b12-7+. The Hall–Kier alpha value is -3.61. The molecule has 0 saturated carbocycles. The van der Waals surface area contributed by atoms with Gasteiger partial charge in [-0.05, 0) is 48.4 Å². The van der Waals surface area contributed by atoms with E-state index in [4.69, 9.17) is 15.2 Å². The third kappa shape index (κ3) is 7.33. The molecule has 0 saturated heterocycles. The van der Waals surface area contributed by atoms with E-state index in [1.165, 1.54) is 6.08 Å². The van der Waals surface area contributed by atoms with Crippen LogP contribution in [-0.4, -0.2) is 31.0 Å². The summed E-state index contributed by atoms with van der Waals surface area (Å²) in [6.45, 7) is 1.92. The lowest BCUT2D eigenvalue weighted by atomic mass is 10.1. The molecule has 28 heavy (non-hydrogen) atoms. The van der Waals surface area contributed by atoms with Crippen LogP contribution in [-0.2, 0) is 25.5 Å². The monoisotopic (exact) mass is 382 g/mol. The van der Waals surface area contributed by atoms with Crippen molar-refractivity contribution in [3.8, 4) is 5.75 Å². The highest BCUT2D eigenvalue weighted by Gasteiger charge is 2.05. The van der Waals surface area contributed by atoms with Gasteiger partial charge >= 0.3 is 5.97 Å². The lowest BCUT2D eigenvalue weighted by Crippen LogP contribution is -2.20. The number of nitrogens with two attached hydrogens (primary N) is 1. The van der Waals surface area contributed by atoms with Gasteiger partial charge in [0.1, 0.15) is 5.75 Å². The Bertz CT molecular complexity index is 842. The van der Waals surface area contributed by atoms with E-state index in [2.05, 4.69) is 5.32 Å². The van der Waals surface area contributed by atoms with Crippen LogP contribution in [0.2, 0.25) is 0 Å². The van der Waals surface area contributed by atoms with Gasteiger partial charge in [-0.1, -0.05) is 24.3 Å². The van der Waals surface area contributed by atoms with Gasteiger partial charge in [0, 0.05) is 11.8 Å². The molecule has 2 rings (SSSR count). The van der Waals surface area contributed by atoms with Gasteiger partial charge in [-0.3, -0.25) is 9.59 Å². The molecule has 7 nitrogen and oxygen atoms in total. The molecule has 0 aliphatic rings. The number of carbonyl (C=O) groups excluding carboxylic acids is 3. The van der Waals surface area contributed by atoms with Crippen molar-refractivity contribution in [2.24, 2.45) is 5.73 Å². The van der Waals surface area contributed by atoms with Crippen LogP contribution in [0, 0.1) is 0 Å². The third-order valence-corrected chi connectivity index (χ3v) is 3.56. The van der Waals surface area contributed by atoms with Gasteiger partial charge in [0.15, 0.2) is 6.61 Å². The van der Waals surface area contributed by atoms with Crippen molar-refractivity contribution < 1.29 is 23.9 Å². The van der Waals surface area contributed by atoms with Crippen LogP contribution in [0.4, 0.5) is 5.69 Å². The quantitative estimate of drug-likeness (QED) is 0.511. The summed E-state index contributed by atoms with van der Waals surface area (Å²) < 4.78 is 10.2. The Morgan fingerprint density at radius 2 is 1.71 bits per heavy atom. The summed E-state index contributed by atoms with van der Waals surface area (Å²) in [5, 5.41) is 2.72. The summed E-state index contributed by atoms with van der Waals surface area (Å²) in [5.74, 6) is -0.603. The summed E-state index contributed by atoms with van der Waals surface area (Å²) in [6.07, 6.45) is 3.14. The topological polar surface area (TPSA) is 108 Å². The predicted octanol–water partition coefficient (Wildman–Crippen LogP) is 2.31. The van der Waals surface area contributed by atoms with Crippen molar-refractivity contribution in [1.82, 2.24) is 0 Å². The highest BCUT2D eigenvalue weighted by atomic mass is 16.5.